The normalized spacial score (nSPS) is 15.2. The lowest BCUT2D eigenvalue weighted by Gasteiger charge is -2.35. The Bertz CT molecular complexity index is 473. The standard InChI is InChI=1S/C14H19ClN2O3/c1-3-20-14(18)17-8-6-16(7-9-17)11-4-5-13(19-2)12(15)10-11/h4-5,10H,3,6-9H2,1-2H3. The van der Waals surface area contributed by atoms with Crippen LogP contribution in [-0.2, 0) is 4.74 Å². The minimum Gasteiger partial charge on any atom is -0.495 e. The van der Waals surface area contributed by atoms with Gasteiger partial charge in [0.2, 0.25) is 0 Å². The second-order valence-electron chi connectivity index (χ2n) is 4.49. The Labute approximate surface area is 124 Å². The lowest BCUT2D eigenvalue weighted by Crippen LogP contribution is -2.49. The summed E-state index contributed by atoms with van der Waals surface area (Å²) in [5.74, 6) is 0.667. The van der Waals surface area contributed by atoms with Crippen LogP contribution in [-0.4, -0.2) is 50.9 Å². The molecule has 2 rings (SSSR count). The molecule has 1 heterocycles. The number of methoxy groups -OCH3 is 1. The number of hydrogen-bond acceptors (Lipinski definition) is 4. The van der Waals surface area contributed by atoms with Crippen LogP contribution in [0, 0.1) is 0 Å². The third kappa shape index (κ3) is 3.28. The minimum atomic E-state index is -0.236. The Morgan fingerprint density at radius 1 is 1.30 bits per heavy atom. The molecule has 1 aliphatic heterocycles. The minimum absolute atomic E-state index is 0.236. The average molecular weight is 299 g/mol. The van der Waals surface area contributed by atoms with Gasteiger partial charge in [-0.3, -0.25) is 0 Å². The van der Waals surface area contributed by atoms with Crippen LogP contribution in [0.1, 0.15) is 6.92 Å². The predicted octanol–water partition coefficient (Wildman–Crippen LogP) is 2.63. The number of ether oxygens (including phenoxy) is 2. The van der Waals surface area contributed by atoms with Crippen molar-refractivity contribution in [3.63, 3.8) is 0 Å². The summed E-state index contributed by atoms with van der Waals surface area (Å²) in [6, 6.07) is 5.72. The molecule has 0 atom stereocenters. The van der Waals surface area contributed by atoms with E-state index in [0.29, 0.717) is 30.5 Å². The van der Waals surface area contributed by atoms with Gasteiger partial charge in [0, 0.05) is 31.9 Å². The van der Waals surface area contributed by atoms with Crippen molar-refractivity contribution in [2.75, 3.05) is 44.8 Å². The zero-order chi connectivity index (χ0) is 14.5. The molecule has 0 saturated carbocycles. The van der Waals surface area contributed by atoms with Crippen molar-refractivity contribution in [2.24, 2.45) is 0 Å². The van der Waals surface area contributed by atoms with Crippen LogP contribution in [0.2, 0.25) is 5.02 Å². The van der Waals surface area contributed by atoms with Crippen LogP contribution in [0.3, 0.4) is 0 Å². The van der Waals surface area contributed by atoms with Crippen LogP contribution >= 0.6 is 11.6 Å². The SMILES string of the molecule is CCOC(=O)N1CCN(c2ccc(OC)c(Cl)c2)CC1. The van der Waals surface area contributed by atoms with Crippen molar-refractivity contribution >= 4 is 23.4 Å². The van der Waals surface area contributed by atoms with Crippen LogP contribution in [0.15, 0.2) is 18.2 Å². The summed E-state index contributed by atoms with van der Waals surface area (Å²) < 4.78 is 10.1. The molecular weight excluding hydrogens is 280 g/mol. The zero-order valence-electron chi connectivity index (χ0n) is 11.8. The summed E-state index contributed by atoms with van der Waals surface area (Å²) in [6.07, 6.45) is -0.236. The summed E-state index contributed by atoms with van der Waals surface area (Å²) in [4.78, 5) is 15.5. The third-order valence-corrected chi connectivity index (χ3v) is 3.60. The fourth-order valence-electron chi connectivity index (χ4n) is 2.21. The molecule has 1 saturated heterocycles. The van der Waals surface area contributed by atoms with E-state index in [1.54, 1.807) is 12.0 Å². The molecule has 0 spiro atoms. The zero-order valence-corrected chi connectivity index (χ0v) is 12.5. The van der Waals surface area contributed by atoms with Gasteiger partial charge in [0.25, 0.3) is 0 Å². The van der Waals surface area contributed by atoms with E-state index in [1.165, 1.54) is 0 Å². The van der Waals surface area contributed by atoms with Gasteiger partial charge in [-0.15, -0.1) is 0 Å². The topological polar surface area (TPSA) is 42.0 Å². The maximum atomic E-state index is 11.6. The van der Waals surface area contributed by atoms with Crippen molar-refractivity contribution in [3.8, 4) is 5.75 Å². The molecule has 1 aromatic carbocycles. The van der Waals surface area contributed by atoms with Gasteiger partial charge in [-0.05, 0) is 25.1 Å². The Hall–Kier alpha value is -1.62. The van der Waals surface area contributed by atoms with Gasteiger partial charge in [-0.1, -0.05) is 11.6 Å². The lowest BCUT2D eigenvalue weighted by atomic mass is 10.2. The third-order valence-electron chi connectivity index (χ3n) is 3.31. The van der Waals surface area contributed by atoms with Crippen LogP contribution in [0.4, 0.5) is 10.5 Å². The van der Waals surface area contributed by atoms with E-state index in [4.69, 9.17) is 21.1 Å². The van der Waals surface area contributed by atoms with Crippen molar-refractivity contribution in [1.29, 1.82) is 0 Å². The maximum absolute atomic E-state index is 11.6. The van der Waals surface area contributed by atoms with Crippen LogP contribution < -0.4 is 9.64 Å². The molecule has 1 aromatic rings. The van der Waals surface area contributed by atoms with Gasteiger partial charge in [0.15, 0.2) is 0 Å². The second kappa shape index (κ2) is 6.70. The fourth-order valence-corrected chi connectivity index (χ4v) is 2.47. The first kappa shape index (κ1) is 14.8. The van der Waals surface area contributed by atoms with Gasteiger partial charge in [0.1, 0.15) is 5.75 Å². The van der Waals surface area contributed by atoms with Crippen LogP contribution in [0.5, 0.6) is 5.75 Å². The smallest absolute Gasteiger partial charge is 0.409 e. The molecule has 1 fully saturated rings. The lowest BCUT2D eigenvalue weighted by molar-refractivity contribution is 0.105. The van der Waals surface area contributed by atoms with E-state index in [9.17, 15) is 4.79 Å². The summed E-state index contributed by atoms with van der Waals surface area (Å²) in [5, 5.41) is 0.595. The number of halogens is 1. The quantitative estimate of drug-likeness (QED) is 0.860. The van der Waals surface area contributed by atoms with E-state index in [2.05, 4.69) is 4.90 Å². The Balaban J connectivity index is 1.97. The fraction of sp³-hybridized carbons (Fsp3) is 0.500. The highest BCUT2D eigenvalue weighted by Crippen LogP contribution is 2.29. The van der Waals surface area contributed by atoms with E-state index in [1.807, 2.05) is 25.1 Å². The molecule has 1 amide bonds. The van der Waals surface area contributed by atoms with Gasteiger partial charge >= 0.3 is 6.09 Å². The van der Waals surface area contributed by atoms with E-state index in [0.717, 1.165) is 18.8 Å². The number of nitrogens with zero attached hydrogens (tertiary/aromatic N) is 2. The number of hydrogen-bond donors (Lipinski definition) is 0. The Morgan fingerprint density at radius 2 is 2.00 bits per heavy atom. The molecule has 0 unspecified atom stereocenters. The molecule has 0 radical (unpaired) electrons. The highest BCUT2D eigenvalue weighted by atomic mass is 35.5. The van der Waals surface area contributed by atoms with Gasteiger partial charge in [-0.25, -0.2) is 4.79 Å². The monoisotopic (exact) mass is 298 g/mol. The number of anilines is 1. The molecule has 20 heavy (non-hydrogen) atoms. The van der Waals surface area contributed by atoms with Crippen molar-refractivity contribution in [2.45, 2.75) is 6.92 Å². The van der Waals surface area contributed by atoms with E-state index < -0.39 is 0 Å². The summed E-state index contributed by atoms with van der Waals surface area (Å²) in [7, 11) is 1.60. The maximum Gasteiger partial charge on any atom is 0.409 e. The van der Waals surface area contributed by atoms with E-state index in [-0.39, 0.29) is 6.09 Å². The number of carbonyl (C=O) groups excluding carboxylic acids is 1. The first-order chi connectivity index (χ1) is 9.65. The molecule has 0 aliphatic carbocycles. The number of piperazine rings is 1. The molecule has 110 valence electrons. The van der Waals surface area contributed by atoms with Gasteiger partial charge in [0.05, 0.1) is 18.7 Å². The summed E-state index contributed by atoms with van der Waals surface area (Å²) in [5.41, 5.74) is 1.04. The average Bonchev–Trinajstić information content (AvgIpc) is 2.47. The number of carbonyl (C=O) groups is 1. The Kier molecular flexibility index (Phi) is 4.95. The molecule has 0 bridgehead atoms. The van der Waals surface area contributed by atoms with Gasteiger partial charge < -0.3 is 19.3 Å². The highest BCUT2D eigenvalue weighted by Gasteiger charge is 2.22. The largest absolute Gasteiger partial charge is 0.495 e. The predicted molar refractivity (Wildman–Crippen MR) is 78.8 cm³/mol. The van der Waals surface area contributed by atoms with Crippen molar-refractivity contribution < 1.29 is 14.3 Å². The summed E-state index contributed by atoms with van der Waals surface area (Å²) in [6.45, 7) is 5.06. The Morgan fingerprint density at radius 3 is 2.55 bits per heavy atom. The first-order valence-corrected chi connectivity index (χ1v) is 7.03. The van der Waals surface area contributed by atoms with Crippen molar-refractivity contribution in [3.05, 3.63) is 23.2 Å². The molecule has 5 nitrogen and oxygen atoms in total. The van der Waals surface area contributed by atoms with Gasteiger partial charge in [-0.2, -0.15) is 0 Å². The number of rotatable bonds is 3. The molecule has 0 N–H and O–H groups in total. The summed E-state index contributed by atoms with van der Waals surface area (Å²) >= 11 is 6.13. The molecule has 1 aliphatic rings. The first-order valence-electron chi connectivity index (χ1n) is 6.66. The highest BCUT2D eigenvalue weighted by molar-refractivity contribution is 6.32. The molecule has 0 aromatic heterocycles. The van der Waals surface area contributed by atoms with Crippen molar-refractivity contribution in [1.82, 2.24) is 4.90 Å². The second-order valence-corrected chi connectivity index (χ2v) is 4.90. The molecular formula is C14H19ClN2O3. The number of amides is 1. The van der Waals surface area contributed by atoms with Crippen LogP contribution in [0.25, 0.3) is 0 Å². The molecule has 6 heteroatoms. The van der Waals surface area contributed by atoms with E-state index >= 15 is 0 Å². The number of benzene rings is 1.